The SMILES string of the molecule is Cc1cc(S(=O)(=O)N2CCCC2)ccc1C=CC(=O)O. The molecule has 0 amide bonds. The molecule has 1 aromatic rings. The third-order valence-corrected chi connectivity index (χ3v) is 5.24. The maximum atomic E-state index is 12.4. The van der Waals surface area contributed by atoms with Crippen LogP contribution in [-0.4, -0.2) is 36.9 Å². The first-order chi connectivity index (χ1) is 9.41. The van der Waals surface area contributed by atoms with Gasteiger partial charge in [-0.1, -0.05) is 6.07 Å². The second-order valence-corrected chi connectivity index (χ2v) is 6.74. The predicted molar refractivity (Wildman–Crippen MR) is 75.8 cm³/mol. The molecule has 1 aliphatic rings. The van der Waals surface area contributed by atoms with Crippen molar-refractivity contribution in [3.63, 3.8) is 0 Å². The first kappa shape index (κ1) is 14.7. The van der Waals surface area contributed by atoms with Crippen LogP contribution in [0.2, 0.25) is 0 Å². The van der Waals surface area contributed by atoms with E-state index in [0.29, 0.717) is 18.7 Å². The van der Waals surface area contributed by atoms with Gasteiger partial charge in [-0.15, -0.1) is 0 Å². The van der Waals surface area contributed by atoms with E-state index in [-0.39, 0.29) is 4.90 Å². The van der Waals surface area contributed by atoms with Crippen molar-refractivity contribution in [2.75, 3.05) is 13.1 Å². The molecule has 0 spiro atoms. The fourth-order valence-electron chi connectivity index (χ4n) is 2.23. The molecule has 1 fully saturated rings. The van der Waals surface area contributed by atoms with E-state index in [2.05, 4.69) is 0 Å². The minimum Gasteiger partial charge on any atom is -0.478 e. The largest absolute Gasteiger partial charge is 0.478 e. The molecule has 108 valence electrons. The molecule has 20 heavy (non-hydrogen) atoms. The Kier molecular flexibility index (Phi) is 4.25. The Morgan fingerprint density at radius 3 is 2.50 bits per heavy atom. The van der Waals surface area contributed by atoms with E-state index in [1.165, 1.54) is 16.4 Å². The van der Waals surface area contributed by atoms with Crippen LogP contribution in [0.5, 0.6) is 0 Å². The molecular weight excluding hydrogens is 278 g/mol. The molecule has 1 saturated heterocycles. The molecule has 1 heterocycles. The molecule has 1 aliphatic heterocycles. The lowest BCUT2D eigenvalue weighted by Crippen LogP contribution is -2.27. The monoisotopic (exact) mass is 295 g/mol. The molecule has 0 radical (unpaired) electrons. The molecule has 0 aromatic heterocycles. The van der Waals surface area contributed by atoms with Gasteiger partial charge in [-0.25, -0.2) is 13.2 Å². The Hall–Kier alpha value is -1.66. The van der Waals surface area contributed by atoms with Crippen LogP contribution in [0.3, 0.4) is 0 Å². The summed E-state index contributed by atoms with van der Waals surface area (Å²) in [6.07, 6.45) is 4.30. The van der Waals surface area contributed by atoms with Gasteiger partial charge in [0.05, 0.1) is 4.90 Å². The molecule has 5 nitrogen and oxygen atoms in total. The van der Waals surface area contributed by atoms with Gasteiger partial charge in [0.15, 0.2) is 0 Å². The fraction of sp³-hybridized carbons (Fsp3) is 0.357. The third-order valence-electron chi connectivity index (χ3n) is 3.35. The van der Waals surface area contributed by atoms with E-state index in [1.54, 1.807) is 19.1 Å². The number of aryl methyl sites for hydroxylation is 1. The quantitative estimate of drug-likeness (QED) is 0.861. The van der Waals surface area contributed by atoms with Crippen LogP contribution in [0.25, 0.3) is 6.08 Å². The summed E-state index contributed by atoms with van der Waals surface area (Å²) in [5.74, 6) is -1.03. The van der Waals surface area contributed by atoms with Gasteiger partial charge in [0.25, 0.3) is 0 Å². The molecule has 0 aliphatic carbocycles. The van der Waals surface area contributed by atoms with Gasteiger partial charge in [-0.2, -0.15) is 4.31 Å². The summed E-state index contributed by atoms with van der Waals surface area (Å²) in [5.41, 5.74) is 1.44. The summed E-state index contributed by atoms with van der Waals surface area (Å²) < 4.78 is 26.3. The van der Waals surface area contributed by atoms with Gasteiger partial charge in [-0.05, 0) is 49.1 Å². The first-order valence-corrected chi connectivity index (χ1v) is 7.87. The van der Waals surface area contributed by atoms with Gasteiger partial charge >= 0.3 is 5.97 Å². The summed E-state index contributed by atoms with van der Waals surface area (Å²) in [7, 11) is -3.42. The highest BCUT2D eigenvalue weighted by Gasteiger charge is 2.27. The second-order valence-electron chi connectivity index (χ2n) is 4.80. The Balaban J connectivity index is 2.31. The number of hydrogen-bond donors (Lipinski definition) is 1. The standard InChI is InChI=1S/C14H17NO4S/c1-11-10-13(6-4-12(11)5-7-14(16)17)20(18,19)15-8-2-3-9-15/h4-7,10H,2-3,8-9H2,1H3,(H,16,17). The highest BCUT2D eigenvalue weighted by molar-refractivity contribution is 7.89. The molecule has 6 heteroatoms. The average molecular weight is 295 g/mol. The highest BCUT2D eigenvalue weighted by atomic mass is 32.2. The van der Waals surface area contributed by atoms with Crippen molar-refractivity contribution in [3.8, 4) is 0 Å². The Bertz CT molecular complexity index is 643. The maximum absolute atomic E-state index is 12.4. The van der Waals surface area contributed by atoms with Crippen molar-refractivity contribution in [2.45, 2.75) is 24.7 Å². The lowest BCUT2D eigenvalue weighted by molar-refractivity contribution is -0.131. The fourth-order valence-corrected chi connectivity index (χ4v) is 3.84. The normalized spacial score (nSPS) is 16.9. The number of aliphatic carboxylic acids is 1. The van der Waals surface area contributed by atoms with Crippen LogP contribution in [0.4, 0.5) is 0 Å². The third kappa shape index (κ3) is 3.08. The van der Waals surface area contributed by atoms with Crippen LogP contribution < -0.4 is 0 Å². The number of hydrogen-bond acceptors (Lipinski definition) is 3. The van der Waals surface area contributed by atoms with Crippen LogP contribution in [0.15, 0.2) is 29.2 Å². The zero-order chi connectivity index (χ0) is 14.8. The smallest absolute Gasteiger partial charge is 0.328 e. The van der Waals surface area contributed by atoms with Crippen molar-refractivity contribution in [3.05, 3.63) is 35.4 Å². The summed E-state index contributed by atoms with van der Waals surface area (Å²) in [5, 5.41) is 8.60. The molecule has 0 bridgehead atoms. The summed E-state index contributed by atoms with van der Waals surface area (Å²) >= 11 is 0. The molecule has 0 unspecified atom stereocenters. The van der Waals surface area contributed by atoms with Crippen molar-refractivity contribution >= 4 is 22.1 Å². The van der Waals surface area contributed by atoms with Crippen molar-refractivity contribution in [1.29, 1.82) is 0 Å². The Morgan fingerprint density at radius 2 is 1.95 bits per heavy atom. The van der Waals surface area contributed by atoms with Gasteiger partial charge in [0.1, 0.15) is 0 Å². The maximum Gasteiger partial charge on any atom is 0.328 e. The van der Waals surface area contributed by atoms with Gasteiger partial charge in [-0.3, -0.25) is 0 Å². The summed E-state index contributed by atoms with van der Waals surface area (Å²) in [4.78, 5) is 10.8. The predicted octanol–water partition coefficient (Wildman–Crippen LogP) is 1.88. The molecule has 0 atom stereocenters. The number of benzene rings is 1. The lowest BCUT2D eigenvalue weighted by atomic mass is 10.1. The zero-order valence-electron chi connectivity index (χ0n) is 11.2. The van der Waals surface area contributed by atoms with E-state index in [4.69, 9.17) is 5.11 Å². The molecule has 0 saturated carbocycles. The van der Waals surface area contributed by atoms with Crippen LogP contribution >= 0.6 is 0 Å². The Morgan fingerprint density at radius 1 is 1.30 bits per heavy atom. The highest BCUT2D eigenvalue weighted by Crippen LogP contribution is 2.23. The van der Waals surface area contributed by atoms with E-state index < -0.39 is 16.0 Å². The van der Waals surface area contributed by atoms with Crippen LogP contribution in [0, 0.1) is 6.92 Å². The zero-order valence-corrected chi connectivity index (χ0v) is 12.1. The lowest BCUT2D eigenvalue weighted by Gasteiger charge is -2.16. The number of rotatable bonds is 4. The molecule has 1 aromatic carbocycles. The van der Waals surface area contributed by atoms with E-state index in [1.807, 2.05) is 0 Å². The van der Waals surface area contributed by atoms with Crippen molar-refractivity contribution < 1.29 is 18.3 Å². The number of carbonyl (C=O) groups is 1. The van der Waals surface area contributed by atoms with Gasteiger partial charge in [0, 0.05) is 19.2 Å². The average Bonchev–Trinajstić information content (AvgIpc) is 2.91. The van der Waals surface area contributed by atoms with Crippen LogP contribution in [0.1, 0.15) is 24.0 Å². The van der Waals surface area contributed by atoms with E-state index in [0.717, 1.165) is 24.5 Å². The Labute approximate surface area is 118 Å². The van der Waals surface area contributed by atoms with E-state index in [9.17, 15) is 13.2 Å². The first-order valence-electron chi connectivity index (χ1n) is 6.43. The summed E-state index contributed by atoms with van der Waals surface area (Å²) in [6.45, 7) is 2.91. The number of carboxylic acid groups (broad SMARTS) is 1. The number of sulfonamides is 1. The van der Waals surface area contributed by atoms with Gasteiger partial charge < -0.3 is 5.11 Å². The second kappa shape index (κ2) is 5.76. The summed E-state index contributed by atoms with van der Waals surface area (Å²) in [6, 6.07) is 4.76. The molecule has 1 N–H and O–H groups in total. The number of carboxylic acids is 1. The van der Waals surface area contributed by atoms with E-state index >= 15 is 0 Å². The van der Waals surface area contributed by atoms with Crippen molar-refractivity contribution in [1.82, 2.24) is 4.31 Å². The topological polar surface area (TPSA) is 74.7 Å². The minimum atomic E-state index is -3.42. The minimum absolute atomic E-state index is 0.268. The number of nitrogens with zero attached hydrogens (tertiary/aromatic N) is 1. The molecular formula is C14H17NO4S. The van der Waals surface area contributed by atoms with Crippen molar-refractivity contribution in [2.24, 2.45) is 0 Å². The molecule has 2 rings (SSSR count). The van der Waals surface area contributed by atoms with Gasteiger partial charge in [0.2, 0.25) is 10.0 Å². The van der Waals surface area contributed by atoms with Crippen LogP contribution in [-0.2, 0) is 14.8 Å².